The zero-order chi connectivity index (χ0) is 12.0. The van der Waals surface area contributed by atoms with Crippen LogP contribution in [0.3, 0.4) is 0 Å². The second-order valence-electron chi connectivity index (χ2n) is 3.67. The van der Waals surface area contributed by atoms with Gasteiger partial charge in [0.15, 0.2) is 5.96 Å². The minimum absolute atomic E-state index is 0.280. The van der Waals surface area contributed by atoms with Gasteiger partial charge in [0.25, 0.3) is 0 Å². The molecule has 1 rings (SSSR count). The maximum atomic E-state index is 5.67. The fourth-order valence-corrected chi connectivity index (χ4v) is 1.17. The molecule has 0 unspecified atom stereocenters. The number of nitrogens with two attached hydrogens (primary N) is 1. The first-order chi connectivity index (χ1) is 7.61. The number of ether oxygens (including phenoxy) is 1. The fraction of sp³-hybridized carbons (Fsp3) is 0.455. The van der Waals surface area contributed by atoms with Crippen molar-refractivity contribution >= 4 is 5.96 Å². The van der Waals surface area contributed by atoms with Crippen LogP contribution in [0.15, 0.2) is 23.2 Å². The molecule has 0 saturated heterocycles. The summed E-state index contributed by atoms with van der Waals surface area (Å²) in [5, 5.41) is 3.01. The summed E-state index contributed by atoms with van der Waals surface area (Å²) in [6.45, 7) is 4.46. The van der Waals surface area contributed by atoms with E-state index >= 15 is 0 Å². The molecule has 0 spiro atoms. The number of nitrogens with zero attached hydrogens (tertiary/aromatic N) is 2. The Morgan fingerprint density at radius 2 is 2.31 bits per heavy atom. The number of aromatic nitrogens is 1. The van der Waals surface area contributed by atoms with Crippen molar-refractivity contribution in [2.45, 2.75) is 26.4 Å². The van der Waals surface area contributed by atoms with Crippen LogP contribution in [-0.4, -0.2) is 24.1 Å². The highest BCUT2D eigenvalue weighted by Crippen LogP contribution is 2.07. The quantitative estimate of drug-likeness (QED) is 0.586. The third kappa shape index (κ3) is 4.16. The minimum atomic E-state index is 0.280. The van der Waals surface area contributed by atoms with Crippen molar-refractivity contribution in [3.63, 3.8) is 0 Å². The molecule has 0 saturated carbocycles. The maximum absolute atomic E-state index is 5.67. The van der Waals surface area contributed by atoms with Gasteiger partial charge in [-0.05, 0) is 19.9 Å². The van der Waals surface area contributed by atoms with Crippen LogP contribution in [-0.2, 0) is 6.54 Å². The zero-order valence-corrected chi connectivity index (χ0v) is 9.90. The lowest BCUT2D eigenvalue weighted by atomic mass is 10.3. The molecule has 0 aromatic carbocycles. The molecule has 1 heterocycles. The third-order valence-corrected chi connectivity index (χ3v) is 1.84. The van der Waals surface area contributed by atoms with E-state index in [1.54, 1.807) is 13.2 Å². The second-order valence-corrected chi connectivity index (χ2v) is 3.67. The van der Waals surface area contributed by atoms with E-state index in [1.165, 1.54) is 0 Å². The summed E-state index contributed by atoms with van der Waals surface area (Å²) in [6.07, 6.45) is 0. The summed E-state index contributed by atoms with van der Waals surface area (Å²) in [6, 6.07) is 5.84. The second kappa shape index (κ2) is 5.95. The summed E-state index contributed by atoms with van der Waals surface area (Å²) >= 11 is 0. The van der Waals surface area contributed by atoms with Gasteiger partial charge in [0.05, 0.1) is 19.3 Å². The molecule has 0 aliphatic heterocycles. The van der Waals surface area contributed by atoms with Gasteiger partial charge in [-0.3, -0.25) is 0 Å². The smallest absolute Gasteiger partial charge is 0.213 e. The van der Waals surface area contributed by atoms with Crippen LogP contribution >= 0.6 is 0 Å². The Labute approximate surface area is 95.7 Å². The Balaban J connectivity index is 2.59. The normalized spacial score (nSPS) is 11.6. The number of hydrogen-bond acceptors (Lipinski definition) is 3. The van der Waals surface area contributed by atoms with Crippen molar-refractivity contribution in [2.24, 2.45) is 10.7 Å². The van der Waals surface area contributed by atoms with E-state index in [-0.39, 0.29) is 6.04 Å². The predicted octanol–water partition coefficient (Wildman–Crippen LogP) is 0.903. The summed E-state index contributed by atoms with van der Waals surface area (Å²) in [5.41, 5.74) is 6.50. The van der Waals surface area contributed by atoms with Crippen molar-refractivity contribution in [1.29, 1.82) is 0 Å². The molecule has 88 valence electrons. The molecule has 0 bridgehead atoms. The zero-order valence-electron chi connectivity index (χ0n) is 9.90. The van der Waals surface area contributed by atoms with E-state index in [2.05, 4.69) is 15.3 Å². The lowest BCUT2D eigenvalue weighted by molar-refractivity contribution is 0.396. The molecule has 0 fully saturated rings. The van der Waals surface area contributed by atoms with Gasteiger partial charge in [0.2, 0.25) is 5.88 Å². The Kier molecular flexibility index (Phi) is 4.57. The monoisotopic (exact) mass is 222 g/mol. The molecular formula is C11H18N4O. The van der Waals surface area contributed by atoms with E-state index in [9.17, 15) is 0 Å². The largest absolute Gasteiger partial charge is 0.481 e. The predicted molar refractivity (Wildman–Crippen MR) is 64.4 cm³/mol. The van der Waals surface area contributed by atoms with Crippen molar-refractivity contribution < 1.29 is 4.74 Å². The first-order valence-electron chi connectivity index (χ1n) is 5.18. The molecule has 0 aliphatic rings. The van der Waals surface area contributed by atoms with Gasteiger partial charge in [-0.15, -0.1) is 0 Å². The highest BCUT2D eigenvalue weighted by atomic mass is 16.5. The van der Waals surface area contributed by atoms with Crippen LogP contribution in [0.4, 0.5) is 0 Å². The summed E-state index contributed by atoms with van der Waals surface area (Å²) in [7, 11) is 1.59. The lowest BCUT2D eigenvalue weighted by Gasteiger charge is -2.08. The van der Waals surface area contributed by atoms with E-state index < -0.39 is 0 Å². The Hall–Kier alpha value is -1.78. The first kappa shape index (κ1) is 12.3. The topological polar surface area (TPSA) is 72.5 Å². The van der Waals surface area contributed by atoms with Gasteiger partial charge in [0.1, 0.15) is 0 Å². The van der Waals surface area contributed by atoms with Crippen LogP contribution in [0, 0.1) is 0 Å². The van der Waals surface area contributed by atoms with Crippen molar-refractivity contribution in [2.75, 3.05) is 7.11 Å². The molecule has 1 aromatic heterocycles. The van der Waals surface area contributed by atoms with E-state index in [0.717, 1.165) is 5.69 Å². The van der Waals surface area contributed by atoms with E-state index in [1.807, 2.05) is 26.0 Å². The number of guanidine groups is 1. The molecule has 3 N–H and O–H groups in total. The molecule has 0 radical (unpaired) electrons. The van der Waals surface area contributed by atoms with Gasteiger partial charge in [-0.2, -0.15) is 0 Å². The van der Waals surface area contributed by atoms with Crippen molar-refractivity contribution in [3.8, 4) is 5.88 Å². The summed E-state index contributed by atoms with van der Waals surface area (Å²) in [4.78, 5) is 8.40. The van der Waals surface area contributed by atoms with Crippen LogP contribution in [0.1, 0.15) is 19.5 Å². The van der Waals surface area contributed by atoms with Crippen molar-refractivity contribution in [3.05, 3.63) is 23.9 Å². The van der Waals surface area contributed by atoms with Gasteiger partial charge < -0.3 is 15.8 Å². The number of pyridine rings is 1. The molecule has 5 heteroatoms. The fourth-order valence-electron chi connectivity index (χ4n) is 1.17. The average molecular weight is 222 g/mol. The number of rotatable bonds is 4. The first-order valence-corrected chi connectivity index (χ1v) is 5.18. The molecule has 16 heavy (non-hydrogen) atoms. The van der Waals surface area contributed by atoms with Crippen LogP contribution in [0.25, 0.3) is 0 Å². The highest BCUT2D eigenvalue weighted by Gasteiger charge is 1.98. The SMILES string of the molecule is COc1cccc(CN=C(N)NC(C)C)n1. The number of nitrogens with one attached hydrogen (secondary N) is 1. The molecule has 0 aliphatic carbocycles. The minimum Gasteiger partial charge on any atom is -0.481 e. The van der Waals surface area contributed by atoms with E-state index in [0.29, 0.717) is 18.4 Å². The van der Waals surface area contributed by atoms with Crippen LogP contribution < -0.4 is 15.8 Å². The molecule has 0 atom stereocenters. The molecule has 0 amide bonds. The van der Waals surface area contributed by atoms with Gasteiger partial charge in [0, 0.05) is 12.1 Å². The molecule has 5 nitrogen and oxygen atoms in total. The number of methoxy groups -OCH3 is 1. The van der Waals surface area contributed by atoms with E-state index in [4.69, 9.17) is 10.5 Å². The number of hydrogen-bond donors (Lipinski definition) is 2. The van der Waals surface area contributed by atoms with Crippen LogP contribution in [0.5, 0.6) is 5.88 Å². The third-order valence-electron chi connectivity index (χ3n) is 1.84. The summed E-state index contributed by atoms with van der Waals surface area (Å²) < 4.78 is 5.02. The maximum Gasteiger partial charge on any atom is 0.213 e. The lowest BCUT2D eigenvalue weighted by Crippen LogP contribution is -2.36. The Morgan fingerprint density at radius 3 is 2.94 bits per heavy atom. The average Bonchev–Trinajstić information content (AvgIpc) is 2.26. The molecular weight excluding hydrogens is 204 g/mol. The standard InChI is InChI=1S/C11H18N4O/c1-8(2)14-11(12)13-7-9-5-4-6-10(15-9)16-3/h4-6,8H,7H2,1-3H3,(H3,12,13,14). The summed E-state index contributed by atoms with van der Waals surface area (Å²) in [5.74, 6) is 1.02. The van der Waals surface area contributed by atoms with Crippen molar-refractivity contribution in [1.82, 2.24) is 10.3 Å². The van der Waals surface area contributed by atoms with Gasteiger partial charge in [-0.1, -0.05) is 6.07 Å². The highest BCUT2D eigenvalue weighted by molar-refractivity contribution is 5.77. The Morgan fingerprint density at radius 1 is 1.56 bits per heavy atom. The number of aliphatic imine (C=N–C) groups is 1. The van der Waals surface area contributed by atoms with Gasteiger partial charge in [-0.25, -0.2) is 9.98 Å². The van der Waals surface area contributed by atoms with Crippen LogP contribution in [0.2, 0.25) is 0 Å². The molecule has 1 aromatic rings. The van der Waals surface area contributed by atoms with Gasteiger partial charge >= 0.3 is 0 Å². The Bertz CT molecular complexity index is 363.